The molecule has 3 aliphatic heterocycles. The molecule has 3 heterocycles. The normalized spacial score (nSPS) is 36.2. The molecule has 3 fully saturated rings. The number of aryl methyl sites for hydroxylation is 2. The molecule has 1 atom stereocenters. The summed E-state index contributed by atoms with van der Waals surface area (Å²) in [6.07, 6.45) is 2.28. The standard InChI is InChI=1S/C15H21NO/c1-11-3-4-14(9-12(11)2)15(17)10-16-7-5-13(15)6-8-16/h3-4,9,13,17H,5-8,10H2,1-2H3. The van der Waals surface area contributed by atoms with Crippen LogP contribution in [0.15, 0.2) is 18.2 Å². The number of piperidine rings is 3. The lowest BCUT2D eigenvalue weighted by Gasteiger charge is -2.50. The molecule has 2 nitrogen and oxygen atoms in total. The van der Waals surface area contributed by atoms with Crippen molar-refractivity contribution < 1.29 is 5.11 Å². The molecule has 3 aliphatic rings. The van der Waals surface area contributed by atoms with Crippen LogP contribution in [0.3, 0.4) is 0 Å². The molecule has 4 rings (SSSR count). The van der Waals surface area contributed by atoms with Gasteiger partial charge in [0.2, 0.25) is 0 Å². The van der Waals surface area contributed by atoms with Crippen molar-refractivity contribution in [1.29, 1.82) is 0 Å². The average molecular weight is 231 g/mol. The summed E-state index contributed by atoms with van der Waals surface area (Å²) in [7, 11) is 0. The van der Waals surface area contributed by atoms with Gasteiger partial charge in [-0.3, -0.25) is 0 Å². The van der Waals surface area contributed by atoms with Crippen LogP contribution in [0, 0.1) is 19.8 Å². The van der Waals surface area contributed by atoms with Crippen molar-refractivity contribution in [3.63, 3.8) is 0 Å². The van der Waals surface area contributed by atoms with Crippen molar-refractivity contribution in [3.05, 3.63) is 34.9 Å². The molecule has 1 aromatic carbocycles. The summed E-state index contributed by atoms with van der Waals surface area (Å²) in [5.74, 6) is 0.453. The first-order valence-electron chi connectivity index (χ1n) is 6.62. The molecule has 1 aromatic rings. The zero-order valence-electron chi connectivity index (χ0n) is 10.7. The molecule has 17 heavy (non-hydrogen) atoms. The van der Waals surface area contributed by atoms with Crippen molar-refractivity contribution in [3.8, 4) is 0 Å². The van der Waals surface area contributed by atoms with Crippen LogP contribution < -0.4 is 0 Å². The Morgan fingerprint density at radius 2 is 1.88 bits per heavy atom. The van der Waals surface area contributed by atoms with Gasteiger partial charge in [-0.1, -0.05) is 18.2 Å². The third-order valence-corrected chi connectivity index (χ3v) is 4.73. The maximum Gasteiger partial charge on any atom is 0.105 e. The molecule has 2 heteroatoms. The summed E-state index contributed by atoms with van der Waals surface area (Å²) in [6, 6.07) is 6.43. The molecular formula is C15H21NO. The summed E-state index contributed by atoms with van der Waals surface area (Å²) in [5.41, 5.74) is 3.11. The summed E-state index contributed by atoms with van der Waals surface area (Å²) in [5, 5.41) is 11.0. The zero-order chi connectivity index (χ0) is 12.0. The Morgan fingerprint density at radius 3 is 2.41 bits per heavy atom. The minimum Gasteiger partial charge on any atom is -0.384 e. The Labute approximate surface area is 103 Å². The van der Waals surface area contributed by atoms with Gasteiger partial charge in [0, 0.05) is 6.54 Å². The first-order chi connectivity index (χ1) is 8.09. The van der Waals surface area contributed by atoms with Gasteiger partial charge in [0.1, 0.15) is 5.60 Å². The fourth-order valence-corrected chi connectivity index (χ4v) is 3.38. The predicted molar refractivity (Wildman–Crippen MR) is 69.0 cm³/mol. The number of nitrogens with zero attached hydrogens (tertiary/aromatic N) is 1. The minimum atomic E-state index is -0.602. The van der Waals surface area contributed by atoms with E-state index in [2.05, 4.69) is 36.9 Å². The van der Waals surface area contributed by atoms with E-state index in [0.29, 0.717) is 5.92 Å². The van der Waals surface area contributed by atoms with Gasteiger partial charge in [-0.15, -0.1) is 0 Å². The summed E-state index contributed by atoms with van der Waals surface area (Å²) in [6.45, 7) is 7.40. The van der Waals surface area contributed by atoms with E-state index in [-0.39, 0.29) is 0 Å². The van der Waals surface area contributed by atoms with E-state index in [1.807, 2.05) is 0 Å². The fourth-order valence-electron chi connectivity index (χ4n) is 3.38. The smallest absolute Gasteiger partial charge is 0.105 e. The molecule has 2 bridgehead atoms. The van der Waals surface area contributed by atoms with Crippen LogP contribution in [-0.4, -0.2) is 29.6 Å². The van der Waals surface area contributed by atoms with E-state index in [1.54, 1.807) is 0 Å². The van der Waals surface area contributed by atoms with Crippen molar-refractivity contribution in [2.24, 2.45) is 5.92 Å². The van der Waals surface area contributed by atoms with Gasteiger partial charge in [0.15, 0.2) is 0 Å². The van der Waals surface area contributed by atoms with Gasteiger partial charge < -0.3 is 10.0 Å². The highest BCUT2D eigenvalue weighted by molar-refractivity contribution is 5.34. The first kappa shape index (κ1) is 11.2. The van der Waals surface area contributed by atoms with Crippen LogP contribution in [0.4, 0.5) is 0 Å². The number of fused-ring (bicyclic) bond motifs is 3. The molecule has 0 amide bonds. The maximum absolute atomic E-state index is 11.0. The van der Waals surface area contributed by atoms with E-state index in [0.717, 1.165) is 38.0 Å². The molecule has 3 saturated heterocycles. The van der Waals surface area contributed by atoms with Gasteiger partial charge in [-0.2, -0.15) is 0 Å². The van der Waals surface area contributed by atoms with Gasteiger partial charge in [0.05, 0.1) is 0 Å². The highest BCUT2D eigenvalue weighted by atomic mass is 16.3. The molecule has 1 N–H and O–H groups in total. The molecule has 0 aliphatic carbocycles. The molecular weight excluding hydrogens is 210 g/mol. The zero-order valence-corrected chi connectivity index (χ0v) is 10.7. The second kappa shape index (κ2) is 3.82. The van der Waals surface area contributed by atoms with Gasteiger partial charge >= 0.3 is 0 Å². The van der Waals surface area contributed by atoms with E-state index < -0.39 is 5.60 Å². The van der Waals surface area contributed by atoms with Gasteiger partial charge in [0.25, 0.3) is 0 Å². The average Bonchev–Trinajstić information content (AvgIpc) is 2.34. The van der Waals surface area contributed by atoms with E-state index in [4.69, 9.17) is 0 Å². The third-order valence-electron chi connectivity index (χ3n) is 4.73. The van der Waals surface area contributed by atoms with Crippen molar-refractivity contribution in [2.45, 2.75) is 32.3 Å². The molecule has 0 radical (unpaired) electrons. The predicted octanol–water partition coefficient (Wildman–Crippen LogP) is 2.22. The quantitative estimate of drug-likeness (QED) is 0.801. The van der Waals surface area contributed by atoms with Gasteiger partial charge in [-0.25, -0.2) is 0 Å². The second-order valence-electron chi connectivity index (χ2n) is 5.77. The van der Waals surface area contributed by atoms with Crippen molar-refractivity contribution >= 4 is 0 Å². The van der Waals surface area contributed by atoms with Crippen LogP contribution in [0.1, 0.15) is 29.5 Å². The highest BCUT2D eigenvalue weighted by Gasteiger charge is 2.46. The first-order valence-corrected chi connectivity index (χ1v) is 6.62. The number of rotatable bonds is 1. The molecule has 0 saturated carbocycles. The molecule has 0 aromatic heterocycles. The number of hydrogen-bond donors (Lipinski definition) is 1. The summed E-state index contributed by atoms with van der Waals surface area (Å²) < 4.78 is 0. The summed E-state index contributed by atoms with van der Waals surface area (Å²) in [4.78, 5) is 2.40. The fraction of sp³-hybridized carbons (Fsp3) is 0.600. The highest BCUT2D eigenvalue weighted by Crippen LogP contribution is 2.42. The largest absolute Gasteiger partial charge is 0.384 e. The van der Waals surface area contributed by atoms with Crippen molar-refractivity contribution in [2.75, 3.05) is 19.6 Å². The lowest BCUT2D eigenvalue weighted by Crippen LogP contribution is -2.57. The number of hydrogen-bond acceptors (Lipinski definition) is 2. The minimum absolute atomic E-state index is 0.453. The molecule has 92 valence electrons. The lowest BCUT2D eigenvalue weighted by molar-refractivity contribution is -0.117. The second-order valence-corrected chi connectivity index (χ2v) is 5.77. The number of aliphatic hydroxyl groups is 1. The maximum atomic E-state index is 11.0. The number of benzene rings is 1. The lowest BCUT2D eigenvalue weighted by atomic mass is 9.71. The monoisotopic (exact) mass is 231 g/mol. The van der Waals surface area contributed by atoms with Crippen LogP contribution >= 0.6 is 0 Å². The Morgan fingerprint density at radius 1 is 1.18 bits per heavy atom. The third kappa shape index (κ3) is 1.71. The van der Waals surface area contributed by atoms with Crippen LogP contribution in [0.2, 0.25) is 0 Å². The van der Waals surface area contributed by atoms with Gasteiger partial charge in [-0.05, 0) is 62.4 Å². The van der Waals surface area contributed by atoms with Crippen LogP contribution in [-0.2, 0) is 5.60 Å². The van der Waals surface area contributed by atoms with E-state index in [1.165, 1.54) is 11.1 Å². The van der Waals surface area contributed by atoms with E-state index >= 15 is 0 Å². The topological polar surface area (TPSA) is 23.5 Å². The Kier molecular flexibility index (Phi) is 2.53. The van der Waals surface area contributed by atoms with E-state index in [9.17, 15) is 5.11 Å². The van der Waals surface area contributed by atoms with Crippen LogP contribution in [0.25, 0.3) is 0 Å². The SMILES string of the molecule is Cc1ccc(C2(O)CN3CCC2CC3)cc1C. The Hall–Kier alpha value is -0.860. The Balaban J connectivity index is 1.99. The summed E-state index contributed by atoms with van der Waals surface area (Å²) >= 11 is 0. The van der Waals surface area contributed by atoms with Crippen LogP contribution in [0.5, 0.6) is 0 Å². The molecule has 0 spiro atoms. The molecule has 1 unspecified atom stereocenters. The Bertz CT molecular complexity index is 435. The van der Waals surface area contributed by atoms with Crippen molar-refractivity contribution in [1.82, 2.24) is 4.90 Å².